The minimum Gasteiger partial charge on any atom is -0.342 e. The maximum atomic E-state index is 4.56. The van der Waals surface area contributed by atoms with E-state index < -0.39 is 0 Å². The maximum Gasteiger partial charge on any atom is 0.110 e. The monoisotopic (exact) mass is 290 g/mol. The zero-order valence-corrected chi connectivity index (χ0v) is 13.4. The highest BCUT2D eigenvalue weighted by atomic mass is 14.9. The van der Waals surface area contributed by atoms with Gasteiger partial charge in [-0.3, -0.25) is 0 Å². The van der Waals surface area contributed by atoms with Crippen molar-refractivity contribution in [1.29, 1.82) is 0 Å². The molecule has 1 aromatic heterocycles. The SMILES string of the molecule is CC(C)(C)c1ccccc1Cc1ncc(-c2ccccc2)[nH]1. The van der Waals surface area contributed by atoms with Crippen molar-refractivity contribution in [2.45, 2.75) is 32.6 Å². The van der Waals surface area contributed by atoms with Gasteiger partial charge in [-0.1, -0.05) is 75.4 Å². The highest BCUT2D eigenvalue weighted by molar-refractivity contribution is 5.58. The molecule has 0 spiro atoms. The van der Waals surface area contributed by atoms with Crippen molar-refractivity contribution in [3.8, 4) is 11.3 Å². The summed E-state index contributed by atoms with van der Waals surface area (Å²) in [6.45, 7) is 6.76. The second-order valence-corrected chi connectivity index (χ2v) is 6.69. The Balaban J connectivity index is 1.88. The van der Waals surface area contributed by atoms with Gasteiger partial charge in [0, 0.05) is 6.42 Å². The van der Waals surface area contributed by atoms with Gasteiger partial charge in [-0.05, 0) is 22.1 Å². The summed E-state index contributed by atoms with van der Waals surface area (Å²) in [4.78, 5) is 8.00. The molecule has 112 valence electrons. The highest BCUT2D eigenvalue weighted by Gasteiger charge is 2.18. The first kappa shape index (κ1) is 14.6. The Morgan fingerprint density at radius 1 is 0.909 bits per heavy atom. The van der Waals surface area contributed by atoms with Crippen LogP contribution in [-0.2, 0) is 11.8 Å². The Hall–Kier alpha value is -2.35. The summed E-state index contributed by atoms with van der Waals surface area (Å²) >= 11 is 0. The first-order valence-corrected chi connectivity index (χ1v) is 7.72. The number of benzene rings is 2. The Kier molecular flexibility index (Phi) is 3.84. The molecule has 2 heteroatoms. The molecule has 22 heavy (non-hydrogen) atoms. The number of aromatic amines is 1. The number of nitrogens with zero attached hydrogens (tertiary/aromatic N) is 1. The summed E-state index contributed by atoms with van der Waals surface area (Å²) < 4.78 is 0. The number of hydrogen-bond donors (Lipinski definition) is 1. The van der Waals surface area contributed by atoms with Crippen LogP contribution in [0, 0.1) is 0 Å². The molecule has 3 aromatic rings. The number of rotatable bonds is 3. The van der Waals surface area contributed by atoms with Gasteiger partial charge in [0.2, 0.25) is 0 Å². The third-order valence-electron chi connectivity index (χ3n) is 3.90. The Bertz CT molecular complexity index is 749. The highest BCUT2D eigenvalue weighted by Crippen LogP contribution is 2.27. The summed E-state index contributed by atoms with van der Waals surface area (Å²) in [6.07, 6.45) is 2.75. The minimum atomic E-state index is 0.144. The van der Waals surface area contributed by atoms with Crippen molar-refractivity contribution in [2.75, 3.05) is 0 Å². The van der Waals surface area contributed by atoms with E-state index >= 15 is 0 Å². The lowest BCUT2D eigenvalue weighted by Crippen LogP contribution is -2.14. The van der Waals surface area contributed by atoms with Crippen LogP contribution in [0.15, 0.2) is 60.8 Å². The third kappa shape index (κ3) is 3.11. The Morgan fingerprint density at radius 2 is 1.59 bits per heavy atom. The van der Waals surface area contributed by atoms with Gasteiger partial charge in [0.15, 0.2) is 0 Å². The smallest absolute Gasteiger partial charge is 0.110 e. The first-order chi connectivity index (χ1) is 10.5. The quantitative estimate of drug-likeness (QED) is 0.725. The van der Waals surface area contributed by atoms with Crippen LogP contribution in [0.1, 0.15) is 37.7 Å². The molecule has 0 atom stereocenters. The molecule has 3 rings (SSSR count). The number of nitrogens with one attached hydrogen (secondary N) is 1. The van der Waals surface area contributed by atoms with Crippen LogP contribution >= 0.6 is 0 Å². The van der Waals surface area contributed by atoms with Gasteiger partial charge in [-0.15, -0.1) is 0 Å². The molecule has 0 aliphatic heterocycles. The zero-order valence-electron chi connectivity index (χ0n) is 13.4. The molecule has 0 bridgehead atoms. The fraction of sp³-hybridized carbons (Fsp3) is 0.250. The van der Waals surface area contributed by atoms with E-state index in [1.165, 1.54) is 16.7 Å². The molecule has 0 radical (unpaired) electrons. The van der Waals surface area contributed by atoms with Crippen LogP contribution in [0.25, 0.3) is 11.3 Å². The van der Waals surface area contributed by atoms with E-state index in [1.807, 2.05) is 24.4 Å². The van der Waals surface area contributed by atoms with E-state index in [0.29, 0.717) is 0 Å². The molecule has 1 heterocycles. The largest absolute Gasteiger partial charge is 0.342 e. The standard InChI is InChI=1S/C20H22N2/c1-20(2,3)17-12-8-7-11-16(17)13-19-21-14-18(22-19)15-9-5-4-6-10-15/h4-12,14H,13H2,1-3H3,(H,21,22). The van der Waals surface area contributed by atoms with Crippen LogP contribution in [0.3, 0.4) is 0 Å². The van der Waals surface area contributed by atoms with Gasteiger partial charge in [0.25, 0.3) is 0 Å². The normalized spacial score (nSPS) is 11.6. The summed E-state index contributed by atoms with van der Waals surface area (Å²) in [5.74, 6) is 1.01. The third-order valence-corrected chi connectivity index (χ3v) is 3.90. The number of imidazole rings is 1. The van der Waals surface area contributed by atoms with Crippen molar-refractivity contribution < 1.29 is 0 Å². The van der Waals surface area contributed by atoms with Gasteiger partial charge in [0.1, 0.15) is 5.82 Å². The van der Waals surface area contributed by atoms with E-state index in [-0.39, 0.29) is 5.41 Å². The van der Waals surface area contributed by atoms with Crippen LogP contribution in [0.5, 0.6) is 0 Å². The van der Waals surface area contributed by atoms with E-state index in [9.17, 15) is 0 Å². The van der Waals surface area contributed by atoms with Crippen LogP contribution in [0.4, 0.5) is 0 Å². The Morgan fingerprint density at radius 3 is 2.32 bits per heavy atom. The minimum absolute atomic E-state index is 0.144. The molecule has 0 aliphatic carbocycles. The summed E-state index contributed by atoms with van der Waals surface area (Å²) in [5, 5.41) is 0. The lowest BCUT2D eigenvalue weighted by molar-refractivity contribution is 0.583. The van der Waals surface area contributed by atoms with Crippen molar-refractivity contribution in [2.24, 2.45) is 0 Å². The molecule has 2 nitrogen and oxygen atoms in total. The maximum absolute atomic E-state index is 4.56. The van der Waals surface area contributed by atoms with E-state index in [4.69, 9.17) is 0 Å². The van der Waals surface area contributed by atoms with Gasteiger partial charge in [0.05, 0.1) is 11.9 Å². The number of H-pyrrole nitrogens is 1. The average Bonchev–Trinajstić information content (AvgIpc) is 2.96. The van der Waals surface area contributed by atoms with Crippen LogP contribution in [-0.4, -0.2) is 9.97 Å². The van der Waals surface area contributed by atoms with Crippen LogP contribution in [0.2, 0.25) is 0 Å². The summed E-state index contributed by atoms with van der Waals surface area (Å²) in [6, 6.07) is 18.9. The van der Waals surface area contributed by atoms with Gasteiger partial charge in [-0.25, -0.2) is 4.98 Å². The van der Waals surface area contributed by atoms with E-state index in [2.05, 4.69) is 67.1 Å². The fourth-order valence-electron chi connectivity index (χ4n) is 2.80. The van der Waals surface area contributed by atoms with Gasteiger partial charge in [-0.2, -0.15) is 0 Å². The predicted octanol–water partition coefficient (Wildman–Crippen LogP) is 4.97. The van der Waals surface area contributed by atoms with Crippen molar-refractivity contribution >= 4 is 0 Å². The topological polar surface area (TPSA) is 28.7 Å². The fourth-order valence-corrected chi connectivity index (χ4v) is 2.80. The molecule has 0 saturated heterocycles. The molecule has 0 amide bonds. The number of hydrogen-bond acceptors (Lipinski definition) is 1. The van der Waals surface area contributed by atoms with E-state index in [1.54, 1.807) is 0 Å². The molecule has 0 fully saturated rings. The first-order valence-electron chi connectivity index (χ1n) is 7.72. The van der Waals surface area contributed by atoms with Crippen molar-refractivity contribution in [1.82, 2.24) is 9.97 Å². The van der Waals surface area contributed by atoms with Gasteiger partial charge >= 0.3 is 0 Å². The molecule has 0 saturated carbocycles. The van der Waals surface area contributed by atoms with Gasteiger partial charge < -0.3 is 4.98 Å². The average molecular weight is 290 g/mol. The molecule has 1 N–H and O–H groups in total. The van der Waals surface area contributed by atoms with E-state index in [0.717, 1.165) is 17.9 Å². The predicted molar refractivity (Wildman–Crippen MR) is 92.0 cm³/mol. The molecule has 0 aliphatic rings. The Labute approximate surface area is 132 Å². The summed E-state index contributed by atoms with van der Waals surface area (Å²) in [7, 11) is 0. The van der Waals surface area contributed by atoms with Crippen molar-refractivity contribution in [3.63, 3.8) is 0 Å². The molecular formula is C20H22N2. The van der Waals surface area contributed by atoms with Crippen molar-refractivity contribution in [3.05, 3.63) is 77.7 Å². The summed E-state index contributed by atoms with van der Waals surface area (Å²) in [5.41, 5.74) is 5.11. The molecule has 0 unspecified atom stereocenters. The molecular weight excluding hydrogens is 268 g/mol. The lowest BCUT2D eigenvalue weighted by atomic mass is 9.83. The second kappa shape index (κ2) is 5.80. The van der Waals surface area contributed by atoms with Crippen LogP contribution < -0.4 is 0 Å². The zero-order chi connectivity index (χ0) is 15.6. The number of aromatic nitrogens is 2. The molecule has 2 aromatic carbocycles. The second-order valence-electron chi connectivity index (χ2n) is 6.69. The lowest BCUT2D eigenvalue weighted by Gasteiger charge is -2.22.